The lowest BCUT2D eigenvalue weighted by Gasteiger charge is -2.34. The van der Waals surface area contributed by atoms with Crippen LogP contribution in [0.15, 0.2) is 71.5 Å². The summed E-state index contributed by atoms with van der Waals surface area (Å²) in [5, 5.41) is 2.93. The maximum atomic E-state index is 14.7. The number of para-hydroxylation sites is 3. The van der Waals surface area contributed by atoms with Gasteiger partial charge >= 0.3 is 11.8 Å². The number of carbonyl (C=O) groups excluding carboxylic acids is 2. The third-order valence-electron chi connectivity index (χ3n) is 9.03. The molecule has 50 heavy (non-hydrogen) atoms. The number of nitrogens with one attached hydrogen (secondary N) is 2. The van der Waals surface area contributed by atoms with Crippen LogP contribution in [0.25, 0.3) is 27.8 Å². The SMILES string of the molecule is COCCCn1c([C@@H]2CCCN(C(=O)C[C@@H](Cc3ccc(-n4c(=O)[nH]c5cccc(F)c54)cc3)NC(=O)OC(C)(C)C)C2)nc2ccccc21. The number of hydrogen-bond acceptors (Lipinski definition) is 6. The summed E-state index contributed by atoms with van der Waals surface area (Å²) in [6.45, 7) is 7.96. The van der Waals surface area contributed by atoms with Crippen molar-refractivity contribution in [3.05, 3.63) is 94.4 Å². The monoisotopic (exact) mass is 684 g/mol. The van der Waals surface area contributed by atoms with Crippen molar-refractivity contribution in [3.8, 4) is 5.69 Å². The highest BCUT2D eigenvalue weighted by Gasteiger charge is 2.31. The Kier molecular flexibility index (Phi) is 10.4. The number of H-pyrrole nitrogens is 1. The Morgan fingerprint density at radius 2 is 1.86 bits per heavy atom. The molecule has 0 bridgehead atoms. The van der Waals surface area contributed by atoms with E-state index in [9.17, 15) is 18.8 Å². The zero-order valence-electron chi connectivity index (χ0n) is 29.1. The molecule has 0 spiro atoms. The molecule has 6 rings (SSSR count). The minimum atomic E-state index is -0.711. The van der Waals surface area contributed by atoms with Crippen LogP contribution >= 0.6 is 0 Å². The molecule has 2 aromatic heterocycles. The number of fused-ring (bicyclic) bond motifs is 2. The van der Waals surface area contributed by atoms with Gasteiger partial charge in [0, 0.05) is 51.7 Å². The number of imidazole rings is 2. The number of ether oxygens (including phenoxy) is 2. The Morgan fingerprint density at radius 3 is 2.62 bits per heavy atom. The van der Waals surface area contributed by atoms with Crippen LogP contribution in [0.2, 0.25) is 0 Å². The summed E-state index contributed by atoms with van der Waals surface area (Å²) in [6.07, 6.45) is 2.44. The maximum absolute atomic E-state index is 14.7. The van der Waals surface area contributed by atoms with Crippen LogP contribution < -0.4 is 11.0 Å². The predicted molar refractivity (Wildman–Crippen MR) is 190 cm³/mol. The fourth-order valence-corrected chi connectivity index (χ4v) is 6.84. The van der Waals surface area contributed by atoms with Gasteiger partial charge in [-0.15, -0.1) is 0 Å². The van der Waals surface area contributed by atoms with Crippen molar-refractivity contribution >= 4 is 34.1 Å². The quantitative estimate of drug-likeness (QED) is 0.163. The average Bonchev–Trinajstić information content (AvgIpc) is 3.62. The van der Waals surface area contributed by atoms with E-state index in [-0.39, 0.29) is 23.8 Å². The van der Waals surface area contributed by atoms with E-state index < -0.39 is 29.2 Å². The summed E-state index contributed by atoms with van der Waals surface area (Å²) in [4.78, 5) is 49.2. The molecule has 1 saturated heterocycles. The number of benzene rings is 3. The molecule has 264 valence electrons. The lowest BCUT2D eigenvalue weighted by Crippen LogP contribution is -2.46. The molecule has 3 aromatic carbocycles. The topological polar surface area (TPSA) is 123 Å². The molecule has 0 unspecified atom stereocenters. The number of amides is 2. The third-order valence-corrected chi connectivity index (χ3v) is 9.03. The van der Waals surface area contributed by atoms with Gasteiger partial charge in [0.05, 0.1) is 22.2 Å². The van der Waals surface area contributed by atoms with Gasteiger partial charge < -0.3 is 29.2 Å². The molecule has 2 N–H and O–H groups in total. The van der Waals surface area contributed by atoms with Crippen LogP contribution in [0.5, 0.6) is 0 Å². The maximum Gasteiger partial charge on any atom is 0.407 e. The zero-order chi connectivity index (χ0) is 35.4. The number of aromatic amines is 1. The van der Waals surface area contributed by atoms with Crippen LogP contribution in [0.4, 0.5) is 9.18 Å². The minimum absolute atomic E-state index is 0.0600. The van der Waals surface area contributed by atoms with Crippen LogP contribution in [-0.2, 0) is 27.2 Å². The predicted octanol–water partition coefficient (Wildman–Crippen LogP) is 6.08. The molecule has 0 aliphatic carbocycles. The van der Waals surface area contributed by atoms with E-state index >= 15 is 0 Å². The summed E-state index contributed by atoms with van der Waals surface area (Å²) in [7, 11) is 1.70. The number of likely N-dealkylation sites (tertiary alicyclic amines) is 1. The normalized spacial score (nSPS) is 15.8. The number of nitrogens with zero attached hydrogens (tertiary/aromatic N) is 4. The number of aryl methyl sites for hydroxylation is 1. The van der Waals surface area contributed by atoms with E-state index in [1.54, 1.807) is 52.1 Å². The number of rotatable bonds is 11. The van der Waals surface area contributed by atoms with Gasteiger partial charge in [-0.3, -0.25) is 9.36 Å². The Balaban J connectivity index is 1.20. The average molecular weight is 685 g/mol. The van der Waals surface area contributed by atoms with Crippen molar-refractivity contribution in [2.75, 3.05) is 26.8 Å². The zero-order valence-corrected chi connectivity index (χ0v) is 29.1. The van der Waals surface area contributed by atoms with E-state index in [0.717, 1.165) is 48.2 Å². The van der Waals surface area contributed by atoms with E-state index in [4.69, 9.17) is 14.5 Å². The molecule has 1 aliphatic heterocycles. The molecule has 0 saturated carbocycles. The van der Waals surface area contributed by atoms with Crippen molar-refractivity contribution in [2.45, 2.75) is 77.0 Å². The summed E-state index contributed by atoms with van der Waals surface area (Å²) >= 11 is 0. The first-order valence-electron chi connectivity index (χ1n) is 17.2. The van der Waals surface area contributed by atoms with Crippen molar-refractivity contribution in [1.82, 2.24) is 29.3 Å². The standard InChI is InChI=1S/C38H45FN6O5/c1-38(2,3)50-37(48)40-27(22-25-15-17-28(18-16-25)45-34-29(39)11-7-13-31(34)42-36(45)47)23-33(46)43-19-8-10-26(24-43)35-41-30-12-5-6-14-32(30)44(35)20-9-21-49-4/h5-7,11-18,26-27H,8-10,19-24H2,1-4H3,(H,40,48)(H,42,47)/t26-,27-/m1/s1. The third kappa shape index (κ3) is 7.91. The van der Waals surface area contributed by atoms with Gasteiger partial charge in [-0.2, -0.15) is 0 Å². The summed E-state index contributed by atoms with van der Waals surface area (Å²) in [6, 6.07) is 19.2. The fourth-order valence-electron chi connectivity index (χ4n) is 6.84. The molecule has 0 radical (unpaired) electrons. The van der Waals surface area contributed by atoms with Gasteiger partial charge in [0.25, 0.3) is 0 Å². The largest absolute Gasteiger partial charge is 0.444 e. The number of methoxy groups -OCH3 is 1. The molecule has 3 heterocycles. The highest BCUT2D eigenvalue weighted by molar-refractivity contribution is 5.79. The highest BCUT2D eigenvalue weighted by atomic mass is 19.1. The minimum Gasteiger partial charge on any atom is -0.444 e. The lowest BCUT2D eigenvalue weighted by molar-refractivity contribution is -0.133. The van der Waals surface area contributed by atoms with E-state index in [2.05, 4.69) is 20.9 Å². The van der Waals surface area contributed by atoms with Gasteiger partial charge in [0.15, 0.2) is 0 Å². The molecule has 1 aliphatic rings. The molecule has 5 aromatic rings. The van der Waals surface area contributed by atoms with Gasteiger partial charge in [0.2, 0.25) is 5.91 Å². The number of carbonyl (C=O) groups is 2. The first kappa shape index (κ1) is 34.9. The summed E-state index contributed by atoms with van der Waals surface area (Å²) in [5.74, 6) is 0.492. The van der Waals surface area contributed by atoms with Gasteiger partial charge in [0.1, 0.15) is 22.8 Å². The molecular formula is C38H45FN6O5. The van der Waals surface area contributed by atoms with Crippen molar-refractivity contribution in [3.63, 3.8) is 0 Å². The molecule has 2 atom stereocenters. The molecule has 12 heteroatoms. The van der Waals surface area contributed by atoms with Gasteiger partial charge in [-0.25, -0.2) is 19.0 Å². The van der Waals surface area contributed by atoms with Crippen molar-refractivity contribution in [2.24, 2.45) is 0 Å². The Morgan fingerprint density at radius 1 is 1.08 bits per heavy atom. The Hall–Kier alpha value is -4.97. The number of alkyl carbamates (subject to hydrolysis) is 1. The molecule has 1 fully saturated rings. The lowest BCUT2D eigenvalue weighted by atomic mass is 9.95. The fraction of sp³-hybridized carbons (Fsp3) is 0.421. The van der Waals surface area contributed by atoms with Crippen molar-refractivity contribution in [1.29, 1.82) is 0 Å². The van der Waals surface area contributed by atoms with Crippen molar-refractivity contribution < 1.29 is 23.5 Å². The molecule has 11 nitrogen and oxygen atoms in total. The van der Waals surface area contributed by atoms with Gasteiger partial charge in [-0.05, 0) is 88.4 Å². The number of halogens is 1. The second kappa shape index (κ2) is 14.9. The van der Waals surface area contributed by atoms with E-state index in [0.29, 0.717) is 37.3 Å². The van der Waals surface area contributed by atoms with Crippen LogP contribution in [-0.4, -0.2) is 74.5 Å². The highest BCUT2D eigenvalue weighted by Crippen LogP contribution is 2.30. The Labute approximate surface area is 290 Å². The molecular weight excluding hydrogens is 639 g/mol. The Bertz CT molecular complexity index is 2030. The summed E-state index contributed by atoms with van der Waals surface area (Å²) < 4.78 is 29.1. The van der Waals surface area contributed by atoms with Crippen LogP contribution in [0.3, 0.4) is 0 Å². The number of aromatic nitrogens is 4. The molecule has 2 amide bonds. The first-order chi connectivity index (χ1) is 24.0. The van der Waals surface area contributed by atoms with Crippen LogP contribution in [0.1, 0.15) is 63.8 Å². The second-order valence-electron chi connectivity index (χ2n) is 14.0. The summed E-state index contributed by atoms with van der Waals surface area (Å²) in [5.41, 5.74) is 2.76. The van der Waals surface area contributed by atoms with Crippen LogP contribution in [0, 0.1) is 5.82 Å². The van der Waals surface area contributed by atoms with E-state index in [1.165, 1.54) is 10.6 Å². The van der Waals surface area contributed by atoms with Gasteiger partial charge in [-0.1, -0.05) is 30.3 Å². The first-order valence-corrected chi connectivity index (χ1v) is 17.2. The smallest absolute Gasteiger partial charge is 0.407 e. The number of hydrogen-bond donors (Lipinski definition) is 2. The second-order valence-corrected chi connectivity index (χ2v) is 14.0. The van der Waals surface area contributed by atoms with E-state index in [1.807, 2.05) is 35.2 Å². The number of piperidine rings is 1.